The molecule has 1 unspecified atom stereocenters. The molecule has 1 heterocycles. The van der Waals surface area contributed by atoms with E-state index in [0.29, 0.717) is 17.6 Å². The molecule has 3 rings (SSSR count). The van der Waals surface area contributed by atoms with E-state index in [1.165, 1.54) is 0 Å². The van der Waals surface area contributed by atoms with Crippen LogP contribution in [-0.2, 0) is 4.79 Å². The first kappa shape index (κ1) is 13.9. The number of carbonyl (C=O) groups excluding carboxylic acids is 1. The normalized spacial score (nSPS) is 15.5. The molecule has 1 aliphatic rings. The van der Waals surface area contributed by atoms with Crippen LogP contribution in [0.25, 0.3) is 0 Å². The quantitative estimate of drug-likeness (QED) is 0.831. The van der Waals surface area contributed by atoms with Gasteiger partial charge in [0.15, 0.2) is 0 Å². The molecule has 5 nitrogen and oxygen atoms in total. The van der Waals surface area contributed by atoms with Crippen LogP contribution in [0.3, 0.4) is 0 Å². The highest BCUT2D eigenvalue weighted by molar-refractivity contribution is 7.81. The van der Waals surface area contributed by atoms with Crippen molar-refractivity contribution in [3.8, 4) is 0 Å². The van der Waals surface area contributed by atoms with Crippen molar-refractivity contribution in [3.63, 3.8) is 0 Å². The predicted molar refractivity (Wildman–Crippen MR) is 84.6 cm³/mol. The Kier molecular flexibility index (Phi) is 3.79. The van der Waals surface area contributed by atoms with Crippen LogP contribution < -0.4 is 10.6 Å². The third-order valence-electron chi connectivity index (χ3n) is 3.41. The molecule has 0 spiro atoms. The maximum atomic E-state index is 11.1. The van der Waals surface area contributed by atoms with E-state index >= 15 is 0 Å². The molecule has 1 aliphatic carbocycles. The van der Waals surface area contributed by atoms with Crippen LogP contribution in [0.2, 0.25) is 0 Å². The SMILES string of the molecule is NC(=O)C(S)c1cnc(N(c2ccccc2)C2CC2)nc1. The lowest BCUT2D eigenvalue weighted by Gasteiger charge is -2.22. The number of thiol groups is 1. The number of nitrogens with two attached hydrogens (primary N) is 1. The Morgan fingerprint density at radius 3 is 2.38 bits per heavy atom. The van der Waals surface area contributed by atoms with Gasteiger partial charge in [0.1, 0.15) is 5.25 Å². The van der Waals surface area contributed by atoms with Crippen molar-refractivity contribution < 1.29 is 4.79 Å². The van der Waals surface area contributed by atoms with Gasteiger partial charge >= 0.3 is 0 Å². The molecule has 1 amide bonds. The molecule has 1 aromatic carbocycles. The van der Waals surface area contributed by atoms with Crippen molar-refractivity contribution in [2.45, 2.75) is 24.1 Å². The molecule has 0 radical (unpaired) electrons. The first-order chi connectivity index (χ1) is 10.2. The maximum absolute atomic E-state index is 11.1. The summed E-state index contributed by atoms with van der Waals surface area (Å²) in [4.78, 5) is 22.0. The molecule has 0 bridgehead atoms. The Hall–Kier alpha value is -2.08. The molecule has 2 N–H and O–H groups in total. The molecule has 1 aromatic heterocycles. The first-order valence-electron chi connectivity index (χ1n) is 6.80. The summed E-state index contributed by atoms with van der Waals surface area (Å²) >= 11 is 4.16. The number of rotatable bonds is 5. The number of amides is 1. The van der Waals surface area contributed by atoms with Gasteiger partial charge in [0.25, 0.3) is 0 Å². The molecule has 21 heavy (non-hydrogen) atoms. The van der Waals surface area contributed by atoms with Crippen molar-refractivity contribution in [2.75, 3.05) is 4.90 Å². The minimum absolute atomic E-state index is 0.446. The second-order valence-corrected chi connectivity index (χ2v) is 5.57. The van der Waals surface area contributed by atoms with Crippen LogP contribution in [0.15, 0.2) is 42.7 Å². The number of nitrogens with zero attached hydrogens (tertiary/aromatic N) is 3. The monoisotopic (exact) mass is 300 g/mol. The number of hydrogen-bond donors (Lipinski definition) is 2. The third-order valence-corrected chi connectivity index (χ3v) is 3.96. The van der Waals surface area contributed by atoms with Crippen LogP contribution in [0, 0.1) is 0 Å². The number of benzene rings is 1. The second kappa shape index (κ2) is 5.73. The molecule has 0 saturated heterocycles. The van der Waals surface area contributed by atoms with E-state index in [1.54, 1.807) is 12.4 Å². The average Bonchev–Trinajstić information content (AvgIpc) is 3.33. The molecule has 108 valence electrons. The number of para-hydroxylation sites is 1. The van der Waals surface area contributed by atoms with Gasteiger partial charge in [0, 0.05) is 29.7 Å². The summed E-state index contributed by atoms with van der Waals surface area (Å²) in [5, 5.41) is -0.676. The van der Waals surface area contributed by atoms with Crippen LogP contribution in [0.5, 0.6) is 0 Å². The van der Waals surface area contributed by atoms with E-state index in [2.05, 4.69) is 27.5 Å². The zero-order chi connectivity index (χ0) is 14.8. The lowest BCUT2D eigenvalue weighted by Crippen LogP contribution is -2.22. The Morgan fingerprint density at radius 2 is 1.86 bits per heavy atom. The molecule has 0 aliphatic heterocycles. The van der Waals surface area contributed by atoms with Crippen molar-refractivity contribution in [2.24, 2.45) is 5.73 Å². The number of primary amides is 1. The first-order valence-corrected chi connectivity index (χ1v) is 7.32. The molecular formula is C15H16N4OS. The fourth-order valence-corrected chi connectivity index (χ4v) is 2.31. The largest absolute Gasteiger partial charge is 0.368 e. The van der Waals surface area contributed by atoms with Gasteiger partial charge in [-0.05, 0) is 25.0 Å². The zero-order valence-electron chi connectivity index (χ0n) is 11.4. The summed E-state index contributed by atoms with van der Waals surface area (Å²) in [6.07, 6.45) is 5.50. The molecule has 2 aromatic rings. The maximum Gasteiger partial charge on any atom is 0.234 e. The minimum atomic E-state index is -0.676. The number of aromatic nitrogens is 2. The van der Waals surface area contributed by atoms with Gasteiger partial charge in [-0.3, -0.25) is 4.79 Å². The molecule has 1 atom stereocenters. The van der Waals surface area contributed by atoms with Crippen LogP contribution in [0.1, 0.15) is 23.7 Å². The number of anilines is 2. The van der Waals surface area contributed by atoms with E-state index in [4.69, 9.17) is 5.73 Å². The van der Waals surface area contributed by atoms with Gasteiger partial charge < -0.3 is 10.6 Å². The number of hydrogen-bond acceptors (Lipinski definition) is 5. The van der Waals surface area contributed by atoms with Crippen LogP contribution in [-0.4, -0.2) is 21.9 Å². The lowest BCUT2D eigenvalue weighted by atomic mass is 10.2. The average molecular weight is 300 g/mol. The molecular weight excluding hydrogens is 284 g/mol. The summed E-state index contributed by atoms with van der Waals surface area (Å²) in [7, 11) is 0. The lowest BCUT2D eigenvalue weighted by molar-refractivity contribution is -0.117. The van der Waals surface area contributed by atoms with Crippen molar-refractivity contribution in [1.29, 1.82) is 0 Å². The standard InChI is InChI=1S/C15H16N4OS/c16-14(20)13(21)10-8-17-15(18-9-10)19(12-6-7-12)11-4-2-1-3-5-11/h1-5,8-9,12-13,21H,6-7H2,(H2,16,20). The Bertz CT molecular complexity index is 628. The zero-order valence-corrected chi connectivity index (χ0v) is 12.3. The smallest absolute Gasteiger partial charge is 0.234 e. The van der Waals surface area contributed by atoms with Gasteiger partial charge in [-0.1, -0.05) is 18.2 Å². The Labute approximate surface area is 128 Å². The van der Waals surface area contributed by atoms with Gasteiger partial charge in [0.05, 0.1) is 0 Å². The highest BCUT2D eigenvalue weighted by Gasteiger charge is 2.32. The number of carbonyl (C=O) groups is 1. The fraction of sp³-hybridized carbons (Fsp3) is 0.267. The summed E-state index contributed by atoms with van der Waals surface area (Å²) < 4.78 is 0. The topological polar surface area (TPSA) is 72.1 Å². The highest BCUT2D eigenvalue weighted by atomic mass is 32.1. The Balaban J connectivity index is 1.89. The second-order valence-electron chi connectivity index (χ2n) is 5.06. The van der Waals surface area contributed by atoms with E-state index in [0.717, 1.165) is 18.5 Å². The van der Waals surface area contributed by atoms with Crippen LogP contribution >= 0.6 is 12.6 Å². The molecule has 1 fully saturated rings. The predicted octanol–water partition coefficient (Wildman–Crippen LogP) is 2.23. The van der Waals surface area contributed by atoms with Gasteiger partial charge in [-0.2, -0.15) is 12.6 Å². The summed E-state index contributed by atoms with van der Waals surface area (Å²) in [6, 6.07) is 10.5. The van der Waals surface area contributed by atoms with Gasteiger partial charge in [0.2, 0.25) is 11.9 Å². The summed E-state index contributed by atoms with van der Waals surface area (Å²) in [5.41, 5.74) is 6.92. The third kappa shape index (κ3) is 3.00. The van der Waals surface area contributed by atoms with Crippen molar-refractivity contribution in [1.82, 2.24) is 9.97 Å². The van der Waals surface area contributed by atoms with E-state index < -0.39 is 11.2 Å². The summed E-state index contributed by atoms with van der Waals surface area (Å²) in [6.45, 7) is 0. The van der Waals surface area contributed by atoms with E-state index in [1.807, 2.05) is 30.3 Å². The Morgan fingerprint density at radius 1 is 1.24 bits per heavy atom. The van der Waals surface area contributed by atoms with Crippen LogP contribution in [0.4, 0.5) is 11.6 Å². The van der Waals surface area contributed by atoms with Crippen molar-refractivity contribution >= 4 is 30.2 Å². The molecule has 6 heteroatoms. The minimum Gasteiger partial charge on any atom is -0.368 e. The molecule has 1 saturated carbocycles. The highest BCUT2D eigenvalue weighted by Crippen LogP contribution is 2.36. The van der Waals surface area contributed by atoms with E-state index in [-0.39, 0.29) is 0 Å². The fourth-order valence-electron chi connectivity index (χ4n) is 2.17. The van der Waals surface area contributed by atoms with E-state index in [9.17, 15) is 4.79 Å². The van der Waals surface area contributed by atoms with Crippen molar-refractivity contribution in [3.05, 3.63) is 48.3 Å². The van der Waals surface area contributed by atoms with Gasteiger partial charge in [-0.15, -0.1) is 0 Å². The summed E-state index contributed by atoms with van der Waals surface area (Å²) in [5.74, 6) is 0.134. The van der Waals surface area contributed by atoms with Gasteiger partial charge in [-0.25, -0.2) is 9.97 Å².